The van der Waals surface area contributed by atoms with Crippen molar-refractivity contribution in [2.24, 2.45) is 11.3 Å². The molecule has 1 aliphatic carbocycles. The van der Waals surface area contributed by atoms with Crippen LogP contribution in [0.3, 0.4) is 0 Å². The molecule has 0 aliphatic heterocycles. The Morgan fingerprint density at radius 2 is 1.73 bits per heavy atom. The van der Waals surface area contributed by atoms with Crippen molar-refractivity contribution in [3.8, 4) is 0 Å². The summed E-state index contributed by atoms with van der Waals surface area (Å²) in [7, 11) is 0. The van der Waals surface area contributed by atoms with E-state index in [1.165, 1.54) is 12.8 Å². The Labute approximate surface area is 69.2 Å². The molecule has 0 unspecified atom stereocenters. The molecule has 0 spiro atoms. The van der Waals surface area contributed by atoms with Gasteiger partial charge in [0.05, 0.1) is 0 Å². The Balaban J connectivity index is 2.42. The van der Waals surface area contributed by atoms with E-state index >= 15 is 0 Å². The Kier molecular flexibility index (Phi) is 2.36. The van der Waals surface area contributed by atoms with Gasteiger partial charge < -0.3 is 0 Å². The smallest absolute Gasteiger partial charge is 0.132 e. The molecule has 0 amide bonds. The van der Waals surface area contributed by atoms with Gasteiger partial charge in [-0.05, 0) is 38.0 Å². The summed E-state index contributed by atoms with van der Waals surface area (Å²) >= 11 is 0. The SMILES string of the molecule is CC(=O)C1CCC(C)(C)CC1. The molecule has 0 aromatic heterocycles. The summed E-state index contributed by atoms with van der Waals surface area (Å²) in [5.74, 6) is 0.767. The van der Waals surface area contributed by atoms with Crippen molar-refractivity contribution in [3.63, 3.8) is 0 Å². The van der Waals surface area contributed by atoms with E-state index < -0.39 is 0 Å². The van der Waals surface area contributed by atoms with Gasteiger partial charge in [-0.15, -0.1) is 0 Å². The van der Waals surface area contributed by atoms with E-state index in [1.807, 2.05) is 0 Å². The second-order valence-corrected chi connectivity index (χ2v) is 4.55. The van der Waals surface area contributed by atoms with Crippen LogP contribution in [0.2, 0.25) is 0 Å². The predicted octanol–water partition coefficient (Wildman–Crippen LogP) is 2.79. The second-order valence-electron chi connectivity index (χ2n) is 4.55. The molecule has 1 fully saturated rings. The first-order chi connectivity index (χ1) is 5.01. The van der Waals surface area contributed by atoms with Crippen LogP contribution in [0.25, 0.3) is 0 Å². The Bertz CT molecular complexity index is 148. The van der Waals surface area contributed by atoms with E-state index in [-0.39, 0.29) is 0 Å². The summed E-state index contributed by atoms with van der Waals surface area (Å²) in [5, 5.41) is 0. The van der Waals surface area contributed by atoms with Crippen LogP contribution < -0.4 is 0 Å². The maximum Gasteiger partial charge on any atom is 0.132 e. The average Bonchev–Trinajstić information content (AvgIpc) is 1.86. The van der Waals surface area contributed by atoms with Gasteiger partial charge in [0.25, 0.3) is 0 Å². The van der Waals surface area contributed by atoms with Crippen LogP contribution >= 0.6 is 0 Å². The molecule has 1 nitrogen and oxygen atoms in total. The normalized spacial score (nSPS) is 25.0. The van der Waals surface area contributed by atoms with Crippen LogP contribution in [0.4, 0.5) is 0 Å². The van der Waals surface area contributed by atoms with E-state index in [2.05, 4.69) is 13.8 Å². The van der Waals surface area contributed by atoms with Gasteiger partial charge in [0, 0.05) is 5.92 Å². The molecular weight excluding hydrogens is 136 g/mol. The third-order valence-corrected chi connectivity index (χ3v) is 2.91. The minimum atomic E-state index is 0.378. The van der Waals surface area contributed by atoms with Crippen LogP contribution in [0.5, 0.6) is 0 Å². The maximum atomic E-state index is 11.0. The van der Waals surface area contributed by atoms with Gasteiger partial charge in [0.2, 0.25) is 0 Å². The molecule has 1 aliphatic rings. The number of hydrogen-bond acceptors (Lipinski definition) is 1. The van der Waals surface area contributed by atoms with Gasteiger partial charge in [0.1, 0.15) is 5.78 Å². The number of ketones is 1. The van der Waals surface area contributed by atoms with Crippen molar-refractivity contribution >= 4 is 5.78 Å². The molecule has 0 aromatic carbocycles. The van der Waals surface area contributed by atoms with Gasteiger partial charge in [-0.3, -0.25) is 4.79 Å². The molecule has 64 valence electrons. The monoisotopic (exact) mass is 154 g/mol. The Morgan fingerprint density at radius 1 is 1.27 bits per heavy atom. The molecule has 0 N–H and O–H groups in total. The summed E-state index contributed by atoms with van der Waals surface area (Å²) < 4.78 is 0. The first-order valence-corrected chi connectivity index (χ1v) is 4.52. The summed E-state index contributed by atoms with van der Waals surface area (Å²) in [4.78, 5) is 11.0. The number of hydrogen-bond donors (Lipinski definition) is 0. The van der Waals surface area contributed by atoms with Gasteiger partial charge in [-0.1, -0.05) is 13.8 Å². The quantitative estimate of drug-likeness (QED) is 0.567. The highest BCUT2D eigenvalue weighted by atomic mass is 16.1. The highest BCUT2D eigenvalue weighted by Crippen LogP contribution is 2.38. The topological polar surface area (TPSA) is 17.1 Å². The zero-order valence-electron chi connectivity index (χ0n) is 7.81. The van der Waals surface area contributed by atoms with Crippen molar-refractivity contribution in [2.45, 2.75) is 46.5 Å². The fourth-order valence-corrected chi connectivity index (χ4v) is 1.81. The van der Waals surface area contributed by atoms with E-state index in [0.717, 1.165) is 12.8 Å². The maximum absolute atomic E-state index is 11.0. The number of carbonyl (C=O) groups excluding carboxylic acids is 1. The molecule has 1 saturated carbocycles. The fourth-order valence-electron chi connectivity index (χ4n) is 1.81. The zero-order valence-corrected chi connectivity index (χ0v) is 7.81. The van der Waals surface area contributed by atoms with Crippen molar-refractivity contribution in [1.29, 1.82) is 0 Å². The third kappa shape index (κ3) is 2.32. The summed E-state index contributed by atoms with van der Waals surface area (Å²) in [6.45, 7) is 6.32. The molecule has 0 bridgehead atoms. The van der Waals surface area contributed by atoms with Gasteiger partial charge in [-0.2, -0.15) is 0 Å². The largest absolute Gasteiger partial charge is 0.300 e. The lowest BCUT2D eigenvalue weighted by Gasteiger charge is -2.33. The molecule has 11 heavy (non-hydrogen) atoms. The first kappa shape index (κ1) is 8.76. The minimum absolute atomic E-state index is 0.378. The van der Waals surface area contributed by atoms with Crippen molar-refractivity contribution in [1.82, 2.24) is 0 Å². The van der Waals surface area contributed by atoms with Crippen LogP contribution in [0.1, 0.15) is 46.5 Å². The summed E-state index contributed by atoms with van der Waals surface area (Å²) in [6.07, 6.45) is 4.67. The molecule has 0 heterocycles. The predicted molar refractivity (Wildman–Crippen MR) is 46.4 cm³/mol. The van der Waals surface area contributed by atoms with Crippen LogP contribution in [-0.4, -0.2) is 5.78 Å². The molecule has 0 radical (unpaired) electrons. The zero-order chi connectivity index (χ0) is 8.48. The molecule has 0 aromatic rings. The number of rotatable bonds is 1. The highest BCUT2D eigenvalue weighted by molar-refractivity contribution is 5.78. The van der Waals surface area contributed by atoms with E-state index in [4.69, 9.17) is 0 Å². The standard InChI is InChI=1S/C10H18O/c1-8(11)9-4-6-10(2,3)7-5-9/h9H,4-7H2,1-3H3. The first-order valence-electron chi connectivity index (χ1n) is 4.52. The van der Waals surface area contributed by atoms with Crippen LogP contribution in [-0.2, 0) is 4.79 Å². The average molecular weight is 154 g/mol. The molecular formula is C10H18O. The molecule has 0 saturated heterocycles. The molecule has 1 heteroatoms. The van der Waals surface area contributed by atoms with Crippen molar-refractivity contribution in [2.75, 3.05) is 0 Å². The minimum Gasteiger partial charge on any atom is -0.300 e. The Morgan fingerprint density at radius 3 is 2.09 bits per heavy atom. The second kappa shape index (κ2) is 2.96. The van der Waals surface area contributed by atoms with Crippen molar-refractivity contribution < 1.29 is 4.79 Å². The lowest BCUT2D eigenvalue weighted by Crippen LogP contribution is -2.24. The van der Waals surface area contributed by atoms with Crippen molar-refractivity contribution in [3.05, 3.63) is 0 Å². The number of carbonyl (C=O) groups is 1. The fraction of sp³-hybridized carbons (Fsp3) is 0.900. The molecule has 1 rings (SSSR count). The van der Waals surface area contributed by atoms with E-state index in [0.29, 0.717) is 17.1 Å². The van der Waals surface area contributed by atoms with Gasteiger partial charge in [0.15, 0.2) is 0 Å². The Hall–Kier alpha value is -0.330. The third-order valence-electron chi connectivity index (χ3n) is 2.91. The lowest BCUT2D eigenvalue weighted by molar-refractivity contribution is -0.122. The highest BCUT2D eigenvalue weighted by Gasteiger charge is 2.28. The van der Waals surface area contributed by atoms with Gasteiger partial charge >= 0.3 is 0 Å². The van der Waals surface area contributed by atoms with E-state index in [9.17, 15) is 4.79 Å². The van der Waals surface area contributed by atoms with Crippen LogP contribution in [0.15, 0.2) is 0 Å². The summed E-state index contributed by atoms with van der Waals surface area (Å²) in [6, 6.07) is 0. The van der Waals surface area contributed by atoms with Crippen LogP contribution in [0, 0.1) is 11.3 Å². The van der Waals surface area contributed by atoms with E-state index in [1.54, 1.807) is 6.92 Å². The lowest BCUT2D eigenvalue weighted by atomic mass is 9.72. The van der Waals surface area contributed by atoms with Gasteiger partial charge in [-0.25, -0.2) is 0 Å². The molecule has 0 atom stereocenters. The number of Topliss-reactive ketones (excluding diaryl/α,β-unsaturated/α-hetero) is 1. The summed E-state index contributed by atoms with van der Waals surface area (Å²) in [5.41, 5.74) is 0.492.